The topological polar surface area (TPSA) is 96.0 Å². The Morgan fingerprint density at radius 1 is 1.09 bits per heavy atom. The van der Waals surface area contributed by atoms with Crippen molar-refractivity contribution in [3.05, 3.63) is 60.3 Å². The molecule has 2 aliphatic rings. The molecule has 0 bridgehead atoms. The highest BCUT2D eigenvalue weighted by atomic mass is 16.6. The van der Waals surface area contributed by atoms with Gasteiger partial charge >= 0.3 is 17.9 Å². The van der Waals surface area contributed by atoms with E-state index >= 15 is 0 Å². The average molecular weight is 443 g/mol. The first-order chi connectivity index (χ1) is 15.0. The zero-order valence-corrected chi connectivity index (χ0v) is 19.2. The summed E-state index contributed by atoms with van der Waals surface area (Å²) in [6.07, 6.45) is 2.26. The standard InChI is InChI=1S/C25H30O7/c1-9-13(4)22(27)30-19-17-16(7)24(29)31-20(17)21(32-23(28)14(5)10-2)25(8,11-3)18(19)15(6)12-26/h9-12,17-21H,3,6-7H2,1-2,4-5,8H3/b13-9-,14-10-/t17-,18-,19-,20-,21+,25+/m1/s1. The van der Waals surface area contributed by atoms with Crippen LogP contribution in [0, 0.1) is 17.3 Å². The summed E-state index contributed by atoms with van der Waals surface area (Å²) in [7, 11) is 0. The van der Waals surface area contributed by atoms with Crippen LogP contribution in [-0.2, 0) is 33.4 Å². The summed E-state index contributed by atoms with van der Waals surface area (Å²) in [5.74, 6) is -3.58. The third-order valence-corrected chi connectivity index (χ3v) is 6.50. The van der Waals surface area contributed by atoms with E-state index in [0.717, 1.165) is 0 Å². The van der Waals surface area contributed by atoms with Crippen molar-refractivity contribution in [1.29, 1.82) is 0 Å². The summed E-state index contributed by atoms with van der Waals surface area (Å²) in [6, 6.07) is 0. The summed E-state index contributed by atoms with van der Waals surface area (Å²) < 4.78 is 17.2. The first kappa shape index (κ1) is 25.0. The van der Waals surface area contributed by atoms with Gasteiger partial charge < -0.3 is 14.2 Å². The lowest BCUT2D eigenvalue weighted by Gasteiger charge is -2.52. The summed E-state index contributed by atoms with van der Waals surface area (Å²) in [5.41, 5.74) is -0.255. The molecule has 2 rings (SSSR count). The Bertz CT molecular complexity index is 938. The van der Waals surface area contributed by atoms with Crippen molar-refractivity contribution in [2.75, 3.05) is 0 Å². The number of carbonyl (C=O) groups is 4. The zero-order valence-electron chi connectivity index (χ0n) is 19.2. The van der Waals surface area contributed by atoms with Crippen molar-refractivity contribution in [2.45, 2.75) is 52.9 Å². The maximum Gasteiger partial charge on any atom is 0.334 e. The van der Waals surface area contributed by atoms with E-state index < -0.39 is 53.5 Å². The van der Waals surface area contributed by atoms with E-state index in [2.05, 4.69) is 19.7 Å². The van der Waals surface area contributed by atoms with Gasteiger partial charge in [0.2, 0.25) is 0 Å². The number of ether oxygens (including phenoxy) is 3. The molecule has 0 spiro atoms. The molecule has 172 valence electrons. The molecular formula is C25H30O7. The van der Waals surface area contributed by atoms with Gasteiger partial charge in [0.1, 0.15) is 18.5 Å². The van der Waals surface area contributed by atoms with Gasteiger partial charge in [-0.15, -0.1) is 6.58 Å². The Morgan fingerprint density at radius 2 is 1.62 bits per heavy atom. The highest BCUT2D eigenvalue weighted by Crippen LogP contribution is 2.54. The van der Waals surface area contributed by atoms with Gasteiger partial charge in [0.25, 0.3) is 0 Å². The minimum Gasteiger partial charge on any atom is -0.458 e. The fraction of sp³-hybridized carbons (Fsp3) is 0.440. The lowest BCUT2D eigenvalue weighted by atomic mass is 9.57. The van der Waals surface area contributed by atoms with Crippen molar-refractivity contribution in [1.82, 2.24) is 0 Å². The van der Waals surface area contributed by atoms with Gasteiger partial charge in [-0.05, 0) is 33.3 Å². The normalized spacial score (nSPS) is 32.5. The molecule has 0 amide bonds. The Balaban J connectivity index is 2.70. The molecule has 1 saturated heterocycles. The summed E-state index contributed by atoms with van der Waals surface area (Å²) in [5, 5.41) is 0. The zero-order chi connectivity index (χ0) is 24.4. The maximum absolute atomic E-state index is 12.7. The Kier molecular flexibility index (Phi) is 7.44. The number of carbonyl (C=O) groups excluding carboxylic acids is 4. The van der Waals surface area contributed by atoms with Gasteiger partial charge in [-0.2, -0.15) is 0 Å². The van der Waals surface area contributed by atoms with E-state index in [1.54, 1.807) is 46.8 Å². The fourth-order valence-electron chi connectivity index (χ4n) is 4.26. The number of esters is 3. The molecule has 7 heteroatoms. The largest absolute Gasteiger partial charge is 0.458 e. The van der Waals surface area contributed by atoms with Crippen LogP contribution in [0.25, 0.3) is 0 Å². The molecule has 7 nitrogen and oxygen atoms in total. The average Bonchev–Trinajstić information content (AvgIpc) is 3.08. The van der Waals surface area contributed by atoms with E-state index in [1.807, 2.05) is 0 Å². The lowest BCUT2D eigenvalue weighted by molar-refractivity contribution is -0.197. The molecule has 32 heavy (non-hydrogen) atoms. The van der Waals surface area contributed by atoms with Crippen molar-refractivity contribution >= 4 is 24.2 Å². The number of aldehydes is 1. The van der Waals surface area contributed by atoms with E-state index in [1.165, 1.54) is 6.08 Å². The second-order valence-corrected chi connectivity index (χ2v) is 8.30. The molecule has 0 unspecified atom stereocenters. The van der Waals surface area contributed by atoms with E-state index in [-0.39, 0.29) is 11.1 Å². The molecule has 0 aromatic rings. The van der Waals surface area contributed by atoms with Crippen LogP contribution in [-0.4, -0.2) is 42.5 Å². The van der Waals surface area contributed by atoms with Crippen LogP contribution in [0.1, 0.15) is 34.6 Å². The van der Waals surface area contributed by atoms with Gasteiger partial charge in [0.15, 0.2) is 6.10 Å². The second-order valence-electron chi connectivity index (χ2n) is 8.30. The number of hydrogen-bond donors (Lipinski definition) is 0. The number of fused-ring (bicyclic) bond motifs is 1. The Labute approximate surface area is 188 Å². The van der Waals surface area contributed by atoms with Crippen LogP contribution in [0.3, 0.4) is 0 Å². The van der Waals surface area contributed by atoms with Crippen LogP contribution < -0.4 is 0 Å². The lowest BCUT2D eigenvalue weighted by Crippen LogP contribution is -2.61. The maximum atomic E-state index is 12.7. The molecule has 2 fully saturated rings. The van der Waals surface area contributed by atoms with Crippen molar-refractivity contribution in [3.8, 4) is 0 Å². The van der Waals surface area contributed by atoms with Gasteiger partial charge in [-0.1, -0.05) is 38.3 Å². The highest BCUT2D eigenvalue weighted by molar-refractivity contribution is 5.92. The predicted octanol–water partition coefficient (Wildman–Crippen LogP) is 3.42. The van der Waals surface area contributed by atoms with E-state index in [0.29, 0.717) is 17.4 Å². The molecule has 6 atom stereocenters. The Morgan fingerprint density at radius 3 is 2.09 bits per heavy atom. The van der Waals surface area contributed by atoms with Crippen LogP contribution in [0.2, 0.25) is 0 Å². The van der Waals surface area contributed by atoms with Crippen LogP contribution in [0.5, 0.6) is 0 Å². The molecule has 0 N–H and O–H groups in total. The van der Waals surface area contributed by atoms with Crippen LogP contribution in [0.15, 0.2) is 60.3 Å². The third-order valence-electron chi connectivity index (χ3n) is 6.50. The molecule has 1 aliphatic carbocycles. The van der Waals surface area contributed by atoms with Crippen molar-refractivity contribution in [2.24, 2.45) is 17.3 Å². The summed E-state index contributed by atoms with van der Waals surface area (Å²) >= 11 is 0. The smallest absolute Gasteiger partial charge is 0.334 e. The SMILES string of the molecule is C=C[C@@]1(C)[C@H](C(=C)C=O)[C@H](OC(=O)/C(C)=C\C)[C@H]2C(=C)C(=O)O[C@H]2[C@@H]1OC(=O)/C(C)=C\C. The van der Waals surface area contributed by atoms with E-state index in [9.17, 15) is 19.2 Å². The molecule has 1 heterocycles. The van der Waals surface area contributed by atoms with Crippen LogP contribution >= 0.6 is 0 Å². The summed E-state index contributed by atoms with van der Waals surface area (Å²) in [4.78, 5) is 49.7. The monoisotopic (exact) mass is 442 g/mol. The molecule has 0 radical (unpaired) electrons. The van der Waals surface area contributed by atoms with Crippen molar-refractivity contribution in [3.63, 3.8) is 0 Å². The number of hydrogen-bond acceptors (Lipinski definition) is 7. The first-order valence-corrected chi connectivity index (χ1v) is 10.3. The predicted molar refractivity (Wildman–Crippen MR) is 118 cm³/mol. The van der Waals surface area contributed by atoms with Gasteiger partial charge in [0, 0.05) is 28.1 Å². The van der Waals surface area contributed by atoms with Gasteiger partial charge in [0.05, 0.1) is 5.92 Å². The highest BCUT2D eigenvalue weighted by Gasteiger charge is 2.65. The van der Waals surface area contributed by atoms with Gasteiger partial charge in [-0.25, -0.2) is 14.4 Å². The molecule has 0 aromatic carbocycles. The molecule has 1 aliphatic heterocycles. The van der Waals surface area contributed by atoms with Crippen LogP contribution in [0.4, 0.5) is 0 Å². The molecule has 0 aromatic heterocycles. The Hall–Kier alpha value is -3.22. The van der Waals surface area contributed by atoms with Gasteiger partial charge in [-0.3, -0.25) is 4.79 Å². The minimum absolute atomic E-state index is 0.0737. The number of allylic oxidation sites excluding steroid dienone is 2. The number of rotatable bonds is 7. The van der Waals surface area contributed by atoms with E-state index in [4.69, 9.17) is 14.2 Å². The summed E-state index contributed by atoms with van der Waals surface area (Å²) in [6.45, 7) is 19.8. The molecular weight excluding hydrogens is 412 g/mol. The fourth-order valence-corrected chi connectivity index (χ4v) is 4.26. The third kappa shape index (κ3) is 4.11. The first-order valence-electron chi connectivity index (χ1n) is 10.3. The second kappa shape index (κ2) is 9.51. The molecule has 1 saturated carbocycles. The van der Waals surface area contributed by atoms with Crippen molar-refractivity contribution < 1.29 is 33.4 Å². The minimum atomic E-state index is -1.15. The quantitative estimate of drug-likeness (QED) is 0.196.